The summed E-state index contributed by atoms with van der Waals surface area (Å²) < 4.78 is 60.2. The minimum atomic E-state index is -5.08. The number of carbonyl (C=O) groups is 1. The summed E-state index contributed by atoms with van der Waals surface area (Å²) in [6, 6.07) is 19.9. The molecule has 4 rings (SSSR count). The number of ether oxygens (including phenoxy) is 1. The molecule has 2 heterocycles. The van der Waals surface area contributed by atoms with E-state index >= 15 is 0 Å². The Kier molecular flexibility index (Phi) is 8.63. The number of alkyl halides is 3. The van der Waals surface area contributed by atoms with Crippen LogP contribution in [0.4, 0.5) is 24.9 Å². The largest absolute Gasteiger partial charge is 0.497 e. The van der Waals surface area contributed by atoms with Gasteiger partial charge >= 0.3 is 12.1 Å². The molecule has 2 N–H and O–H groups in total. The molecule has 0 aliphatic carbocycles. The summed E-state index contributed by atoms with van der Waals surface area (Å²) in [4.78, 5) is 22.4. The molecule has 0 aliphatic rings. The minimum absolute atomic E-state index is 0.268. The number of nitrogens with one attached hydrogen (secondary N) is 1. The van der Waals surface area contributed by atoms with E-state index in [0.717, 1.165) is 22.4 Å². The van der Waals surface area contributed by atoms with Crippen molar-refractivity contribution in [3.05, 3.63) is 79.1 Å². The molecule has 0 saturated heterocycles. The molecule has 2 aromatic carbocycles. The van der Waals surface area contributed by atoms with Gasteiger partial charge in [0.05, 0.1) is 17.7 Å². The first-order valence-corrected chi connectivity index (χ1v) is 12.6. The number of carboxylic acid groups (broad SMARTS) is 1. The fraction of sp³-hybridized carbons (Fsp3) is 0.120. The summed E-state index contributed by atoms with van der Waals surface area (Å²) >= 11 is 0. The lowest BCUT2D eigenvalue weighted by Gasteiger charge is -2.08. The second-order valence-electron chi connectivity index (χ2n) is 7.65. The lowest BCUT2D eigenvalue weighted by molar-refractivity contribution is -0.192. The highest BCUT2D eigenvalue weighted by Gasteiger charge is 2.38. The minimum Gasteiger partial charge on any atom is -0.497 e. The molecule has 0 aliphatic heterocycles. The highest BCUT2D eigenvalue weighted by Crippen LogP contribution is 2.24. The molecule has 0 amide bonds. The zero-order chi connectivity index (χ0) is 27.9. The Morgan fingerprint density at radius 3 is 1.97 bits per heavy atom. The fourth-order valence-electron chi connectivity index (χ4n) is 2.99. The summed E-state index contributed by atoms with van der Waals surface area (Å²) in [5.41, 5.74) is 3.48. The second kappa shape index (κ2) is 11.7. The number of nitrogens with zero attached hydrogens (tertiary/aromatic N) is 3. The van der Waals surface area contributed by atoms with Gasteiger partial charge in [-0.2, -0.15) is 13.2 Å². The van der Waals surface area contributed by atoms with Crippen LogP contribution in [0.1, 0.15) is 0 Å². The molecule has 198 valence electrons. The van der Waals surface area contributed by atoms with Crippen LogP contribution in [0.2, 0.25) is 0 Å². The number of pyridine rings is 1. The summed E-state index contributed by atoms with van der Waals surface area (Å²) in [5, 5.41) is 10.2. The number of sulfone groups is 1. The Labute approximate surface area is 215 Å². The maximum Gasteiger partial charge on any atom is 0.490 e. The van der Waals surface area contributed by atoms with E-state index in [-0.39, 0.29) is 4.90 Å². The molecule has 0 unspecified atom stereocenters. The number of hydrogen-bond donors (Lipinski definition) is 2. The van der Waals surface area contributed by atoms with Crippen molar-refractivity contribution in [2.45, 2.75) is 11.1 Å². The molecule has 0 saturated carbocycles. The van der Waals surface area contributed by atoms with Gasteiger partial charge in [0.1, 0.15) is 11.6 Å². The smallest absolute Gasteiger partial charge is 0.490 e. The van der Waals surface area contributed by atoms with E-state index in [1.807, 2.05) is 36.4 Å². The number of aliphatic carboxylic acids is 1. The van der Waals surface area contributed by atoms with Gasteiger partial charge in [0, 0.05) is 29.8 Å². The van der Waals surface area contributed by atoms with Crippen LogP contribution < -0.4 is 10.1 Å². The van der Waals surface area contributed by atoms with Gasteiger partial charge in [-0.05, 0) is 48.0 Å². The molecule has 13 heteroatoms. The van der Waals surface area contributed by atoms with E-state index in [4.69, 9.17) is 14.6 Å². The van der Waals surface area contributed by atoms with Crippen LogP contribution >= 0.6 is 0 Å². The first-order valence-electron chi connectivity index (χ1n) is 10.7. The summed E-state index contributed by atoms with van der Waals surface area (Å²) in [6.45, 7) is 0. The van der Waals surface area contributed by atoms with Gasteiger partial charge in [0.15, 0.2) is 9.84 Å². The number of aromatic nitrogens is 3. The molecule has 4 aromatic rings. The molecule has 0 radical (unpaired) electrons. The predicted octanol–water partition coefficient (Wildman–Crippen LogP) is 4.99. The van der Waals surface area contributed by atoms with Crippen molar-refractivity contribution >= 4 is 27.6 Å². The monoisotopic (exact) mass is 546 g/mol. The third-order valence-electron chi connectivity index (χ3n) is 4.90. The van der Waals surface area contributed by atoms with E-state index in [1.54, 1.807) is 49.8 Å². The maximum atomic E-state index is 11.6. The molecule has 0 atom stereocenters. The molecule has 0 bridgehead atoms. The Bertz CT molecular complexity index is 1490. The van der Waals surface area contributed by atoms with Crippen molar-refractivity contribution in [3.63, 3.8) is 0 Å². The van der Waals surface area contributed by atoms with Crippen molar-refractivity contribution < 1.29 is 36.2 Å². The predicted molar refractivity (Wildman–Crippen MR) is 134 cm³/mol. The van der Waals surface area contributed by atoms with Crippen LogP contribution in [0.5, 0.6) is 5.75 Å². The highest BCUT2D eigenvalue weighted by molar-refractivity contribution is 7.90. The molecule has 9 nitrogen and oxygen atoms in total. The van der Waals surface area contributed by atoms with E-state index < -0.39 is 22.0 Å². The lowest BCUT2D eigenvalue weighted by atomic mass is 10.1. The number of rotatable bonds is 6. The van der Waals surface area contributed by atoms with Crippen molar-refractivity contribution in [1.82, 2.24) is 15.0 Å². The van der Waals surface area contributed by atoms with E-state index in [1.165, 1.54) is 6.26 Å². The zero-order valence-electron chi connectivity index (χ0n) is 20.0. The fourth-order valence-corrected chi connectivity index (χ4v) is 3.62. The van der Waals surface area contributed by atoms with Gasteiger partial charge in [-0.1, -0.05) is 24.3 Å². The molecular formula is C25H21F3N4O5S. The van der Waals surface area contributed by atoms with E-state index in [0.29, 0.717) is 17.5 Å². The first kappa shape index (κ1) is 28.1. The van der Waals surface area contributed by atoms with Crippen LogP contribution in [0.3, 0.4) is 0 Å². The van der Waals surface area contributed by atoms with Crippen LogP contribution in [0.25, 0.3) is 22.4 Å². The van der Waals surface area contributed by atoms with Crippen LogP contribution in [-0.2, 0) is 14.6 Å². The SMILES string of the molecule is COc1ccc(-c2ccc(Nc3nccc(-c4ccc(S(C)(=O)=O)cc4)n3)nc2)cc1.O=C(O)C(F)(F)F. The summed E-state index contributed by atoms with van der Waals surface area (Å²) in [5.74, 6) is -0.943. The average molecular weight is 547 g/mol. The van der Waals surface area contributed by atoms with Gasteiger partial charge in [-0.3, -0.25) is 0 Å². The Hall–Kier alpha value is -4.52. The summed E-state index contributed by atoms with van der Waals surface area (Å²) in [6.07, 6.45) is -0.486. The van der Waals surface area contributed by atoms with Crippen molar-refractivity contribution in [3.8, 4) is 28.1 Å². The Balaban J connectivity index is 0.000000505. The standard InChI is InChI=1S/C23H20N4O3S.C2HF3O2/c1-30-19-8-3-16(4-9-19)18-7-12-22(25-15-18)27-23-24-14-13-21(26-23)17-5-10-20(11-6-17)31(2,28)29;3-2(4,5)1(6)7/h3-15H,1-2H3,(H,24,25,26,27);(H,6,7). The Morgan fingerprint density at radius 2 is 1.47 bits per heavy atom. The summed E-state index contributed by atoms with van der Waals surface area (Å²) in [7, 11) is -1.60. The van der Waals surface area contributed by atoms with Gasteiger partial charge in [-0.25, -0.2) is 28.2 Å². The number of halogens is 3. The number of methoxy groups -OCH3 is 1. The van der Waals surface area contributed by atoms with Gasteiger partial charge in [-0.15, -0.1) is 0 Å². The lowest BCUT2D eigenvalue weighted by Crippen LogP contribution is -2.21. The highest BCUT2D eigenvalue weighted by atomic mass is 32.2. The Morgan fingerprint density at radius 1 is 0.895 bits per heavy atom. The van der Waals surface area contributed by atoms with Gasteiger partial charge in [0.2, 0.25) is 5.95 Å². The topological polar surface area (TPSA) is 131 Å². The third kappa shape index (κ3) is 7.74. The number of benzene rings is 2. The quantitative estimate of drug-likeness (QED) is 0.343. The van der Waals surface area contributed by atoms with Crippen LogP contribution in [-0.4, -0.2) is 54.0 Å². The molecule has 0 fully saturated rings. The maximum absolute atomic E-state index is 11.6. The zero-order valence-corrected chi connectivity index (χ0v) is 20.8. The first-order chi connectivity index (χ1) is 17.9. The average Bonchev–Trinajstić information content (AvgIpc) is 2.89. The van der Waals surface area contributed by atoms with Crippen molar-refractivity contribution in [1.29, 1.82) is 0 Å². The number of carboxylic acids is 1. The molecule has 38 heavy (non-hydrogen) atoms. The molecule has 2 aromatic heterocycles. The normalized spacial score (nSPS) is 11.2. The third-order valence-corrected chi connectivity index (χ3v) is 6.03. The molecule has 0 spiro atoms. The number of hydrogen-bond acceptors (Lipinski definition) is 8. The van der Waals surface area contributed by atoms with Crippen LogP contribution in [0.15, 0.2) is 84.0 Å². The van der Waals surface area contributed by atoms with Crippen LogP contribution in [0, 0.1) is 0 Å². The van der Waals surface area contributed by atoms with Crippen molar-refractivity contribution in [2.24, 2.45) is 0 Å². The van der Waals surface area contributed by atoms with Gasteiger partial charge in [0.25, 0.3) is 0 Å². The van der Waals surface area contributed by atoms with E-state index in [2.05, 4.69) is 20.3 Å². The van der Waals surface area contributed by atoms with Crippen molar-refractivity contribution in [2.75, 3.05) is 18.7 Å². The molecular weight excluding hydrogens is 525 g/mol. The van der Waals surface area contributed by atoms with Gasteiger partial charge < -0.3 is 15.2 Å². The number of anilines is 2. The second-order valence-corrected chi connectivity index (χ2v) is 9.67. The van der Waals surface area contributed by atoms with E-state index in [9.17, 15) is 21.6 Å².